The van der Waals surface area contributed by atoms with E-state index in [1.165, 1.54) is 16.7 Å². The van der Waals surface area contributed by atoms with Gasteiger partial charge in [0.15, 0.2) is 0 Å². The third-order valence-electron chi connectivity index (χ3n) is 3.97. The molecular formula is C24H16BrNO. The first-order valence-corrected chi connectivity index (χ1v) is 8.70. The second kappa shape index (κ2) is 6.60. The zero-order valence-electron chi connectivity index (χ0n) is 24.6. The second-order valence-electron chi connectivity index (χ2n) is 5.63. The highest BCUT2D eigenvalue weighted by atomic mass is 79.9. The summed E-state index contributed by atoms with van der Waals surface area (Å²) in [6, 6.07) is 2.99. The van der Waals surface area contributed by atoms with Gasteiger partial charge >= 0.3 is 0 Å². The average Bonchev–Trinajstić information content (AvgIpc) is 3.21. The number of aromatic nitrogens is 1. The summed E-state index contributed by atoms with van der Waals surface area (Å²) in [5.41, 5.74) is 0.607. The minimum Gasteiger partial charge on any atom is -0.457 e. The smallest absolute Gasteiger partial charge is 0.130 e. The van der Waals surface area contributed by atoms with Crippen LogP contribution in [0, 0.1) is 0 Å². The van der Waals surface area contributed by atoms with Crippen LogP contribution in [-0.2, 0) is 0 Å². The summed E-state index contributed by atoms with van der Waals surface area (Å²) >= 11 is 3.40. The third-order valence-corrected chi connectivity index (χ3v) is 4.43. The van der Waals surface area contributed by atoms with Crippen molar-refractivity contribution in [1.82, 2.24) is 4.57 Å². The molecule has 4 aromatic carbocycles. The van der Waals surface area contributed by atoms with E-state index in [-0.39, 0.29) is 75.6 Å². The first kappa shape index (κ1) is 8.32. The van der Waals surface area contributed by atoms with Crippen LogP contribution >= 0.6 is 15.9 Å². The fourth-order valence-electron chi connectivity index (χ4n) is 2.93. The first-order chi connectivity index (χ1) is 17.8. The zero-order chi connectivity index (χ0) is 27.8. The molecule has 0 saturated carbocycles. The van der Waals surface area contributed by atoms with Crippen LogP contribution in [0.1, 0.15) is 15.1 Å². The van der Waals surface area contributed by atoms with Gasteiger partial charge in [0.25, 0.3) is 0 Å². The van der Waals surface area contributed by atoms with E-state index in [1.807, 2.05) is 0 Å². The number of ether oxygens (including phenoxy) is 1. The summed E-state index contributed by atoms with van der Waals surface area (Å²) in [7, 11) is 0. The predicted molar refractivity (Wildman–Crippen MR) is 115 cm³/mol. The normalized spacial score (nSPS) is 16.9. The summed E-state index contributed by atoms with van der Waals surface area (Å²) in [5.74, 6) is 0.0365. The summed E-state index contributed by atoms with van der Waals surface area (Å²) in [6.45, 7) is 0. The van der Waals surface area contributed by atoms with Gasteiger partial charge in [-0.1, -0.05) is 70.3 Å². The molecule has 0 atom stereocenters. The molecule has 27 heavy (non-hydrogen) atoms. The quantitative estimate of drug-likeness (QED) is 0.295. The van der Waals surface area contributed by atoms with Crippen molar-refractivity contribution >= 4 is 37.7 Å². The monoisotopic (exact) mass is 424 g/mol. The lowest BCUT2D eigenvalue weighted by atomic mass is 10.2. The number of halogens is 1. The van der Waals surface area contributed by atoms with Gasteiger partial charge < -0.3 is 9.30 Å². The predicted octanol–water partition coefficient (Wildman–Crippen LogP) is 7.34. The molecule has 5 aromatic rings. The van der Waals surface area contributed by atoms with Crippen LogP contribution in [0.25, 0.3) is 27.5 Å². The number of hydrogen-bond donors (Lipinski definition) is 0. The van der Waals surface area contributed by atoms with Crippen molar-refractivity contribution in [2.75, 3.05) is 0 Å². The van der Waals surface area contributed by atoms with Crippen LogP contribution in [0.15, 0.2) is 101 Å². The molecule has 0 fully saturated rings. The van der Waals surface area contributed by atoms with Gasteiger partial charge in [0.1, 0.15) is 11.5 Å². The standard InChI is InChI=1S/C24H16BrNO/c25-17-14-18(16-20(15-17)27-19-8-2-1-3-9-19)26-23-12-6-4-10-21(23)22-11-5-7-13-24(22)26/h1-16H/i1D,2D,3D,4D,5D,6D,7D,8D,10D,11D,12D. The Kier molecular flexibility index (Phi) is 2.03. The van der Waals surface area contributed by atoms with Crippen molar-refractivity contribution in [1.29, 1.82) is 0 Å². The van der Waals surface area contributed by atoms with Gasteiger partial charge in [0, 0.05) is 21.3 Å². The highest BCUT2D eigenvalue weighted by Crippen LogP contribution is 2.35. The molecule has 0 spiro atoms. The van der Waals surface area contributed by atoms with Crippen molar-refractivity contribution in [3.8, 4) is 17.2 Å². The maximum Gasteiger partial charge on any atom is 0.130 e. The molecule has 0 saturated heterocycles. The summed E-state index contributed by atoms with van der Waals surface area (Å²) < 4.78 is 97.7. The van der Waals surface area contributed by atoms with Crippen molar-refractivity contribution in [2.45, 2.75) is 0 Å². The average molecular weight is 425 g/mol. The van der Waals surface area contributed by atoms with E-state index in [9.17, 15) is 0 Å². The molecule has 1 heterocycles. The van der Waals surface area contributed by atoms with E-state index >= 15 is 0 Å². The molecule has 0 N–H and O–H groups in total. The molecule has 130 valence electrons. The van der Waals surface area contributed by atoms with Gasteiger partial charge in [-0.15, -0.1) is 0 Å². The van der Waals surface area contributed by atoms with E-state index < -0.39 is 24.2 Å². The Morgan fingerprint density at radius 3 is 2.37 bits per heavy atom. The Morgan fingerprint density at radius 1 is 0.704 bits per heavy atom. The summed E-state index contributed by atoms with van der Waals surface area (Å²) in [5, 5.41) is 0.150. The maximum absolute atomic E-state index is 8.61. The molecule has 0 bridgehead atoms. The summed E-state index contributed by atoms with van der Waals surface area (Å²) in [6.07, 6.45) is 0. The van der Waals surface area contributed by atoms with Crippen LogP contribution < -0.4 is 4.74 Å². The third kappa shape index (κ3) is 2.90. The lowest BCUT2D eigenvalue weighted by Gasteiger charge is -2.12. The van der Waals surface area contributed by atoms with Gasteiger partial charge in [0.2, 0.25) is 0 Å². The number of fused-ring (bicyclic) bond motifs is 3. The van der Waals surface area contributed by atoms with Crippen LogP contribution in [0.2, 0.25) is 0 Å². The second-order valence-corrected chi connectivity index (χ2v) is 6.55. The van der Waals surface area contributed by atoms with Gasteiger partial charge in [-0.3, -0.25) is 0 Å². The SMILES string of the molecule is [2H]c1cc(Oc2cc(Br)cc(-n3c4cc([2H])c([2H])c([2H])c4c4c([2H])c([2H])c([2H])c([2H])c43)c2)c([2H])c([2H])c1[2H]. The van der Waals surface area contributed by atoms with E-state index in [2.05, 4.69) is 15.9 Å². The molecule has 0 aliphatic carbocycles. The van der Waals surface area contributed by atoms with E-state index in [4.69, 9.17) is 19.8 Å². The lowest BCUT2D eigenvalue weighted by Crippen LogP contribution is -1.95. The Hall–Kier alpha value is -3.04. The minimum atomic E-state index is -0.487. The van der Waals surface area contributed by atoms with E-state index in [0.29, 0.717) is 10.2 Å². The van der Waals surface area contributed by atoms with Gasteiger partial charge in [-0.25, -0.2) is 0 Å². The van der Waals surface area contributed by atoms with Crippen LogP contribution in [-0.4, -0.2) is 4.57 Å². The maximum atomic E-state index is 8.61. The molecule has 2 nitrogen and oxygen atoms in total. The van der Waals surface area contributed by atoms with Crippen LogP contribution in [0.3, 0.4) is 0 Å². The molecule has 3 heteroatoms. The largest absolute Gasteiger partial charge is 0.457 e. The van der Waals surface area contributed by atoms with Crippen LogP contribution in [0.5, 0.6) is 11.5 Å². The number of para-hydroxylation sites is 3. The van der Waals surface area contributed by atoms with Crippen LogP contribution in [0.4, 0.5) is 0 Å². The number of hydrogen-bond acceptors (Lipinski definition) is 1. The fraction of sp³-hybridized carbons (Fsp3) is 0. The molecule has 0 aliphatic rings. The number of nitrogens with zero attached hydrogens (tertiary/aromatic N) is 1. The zero-order valence-corrected chi connectivity index (χ0v) is 15.2. The van der Waals surface area contributed by atoms with Gasteiger partial charge in [-0.05, 0) is 36.4 Å². The van der Waals surface area contributed by atoms with Crippen molar-refractivity contribution in [2.24, 2.45) is 0 Å². The highest BCUT2D eigenvalue weighted by Gasteiger charge is 2.12. The lowest BCUT2D eigenvalue weighted by molar-refractivity contribution is 0.482. The Bertz CT molecular complexity index is 1830. The molecule has 0 amide bonds. The van der Waals surface area contributed by atoms with Crippen molar-refractivity contribution < 1.29 is 19.8 Å². The van der Waals surface area contributed by atoms with Crippen molar-refractivity contribution in [3.63, 3.8) is 0 Å². The highest BCUT2D eigenvalue weighted by molar-refractivity contribution is 9.10. The number of rotatable bonds is 3. The Morgan fingerprint density at radius 2 is 1.44 bits per heavy atom. The molecule has 0 unspecified atom stereocenters. The van der Waals surface area contributed by atoms with Crippen molar-refractivity contribution in [3.05, 3.63) is 101 Å². The Balaban J connectivity index is 1.85. The Labute approximate surface area is 181 Å². The first-order valence-electron chi connectivity index (χ1n) is 13.4. The fourth-order valence-corrected chi connectivity index (χ4v) is 3.39. The van der Waals surface area contributed by atoms with Gasteiger partial charge in [-0.2, -0.15) is 0 Å². The summed E-state index contributed by atoms with van der Waals surface area (Å²) in [4.78, 5) is 0. The van der Waals surface area contributed by atoms with E-state index in [0.717, 1.165) is 6.07 Å². The number of benzene rings is 4. The van der Waals surface area contributed by atoms with Gasteiger partial charge in [0.05, 0.1) is 31.8 Å². The topological polar surface area (TPSA) is 14.2 Å². The molecule has 0 radical (unpaired) electrons. The molecule has 0 aliphatic heterocycles. The molecular weight excluding hydrogens is 398 g/mol. The molecule has 5 rings (SSSR count). The van der Waals surface area contributed by atoms with E-state index in [1.54, 1.807) is 12.1 Å². The molecule has 1 aromatic heterocycles. The minimum absolute atomic E-state index is 0.0455.